The molecule has 0 aliphatic heterocycles. The summed E-state index contributed by atoms with van der Waals surface area (Å²) in [6, 6.07) is 10.3. The van der Waals surface area contributed by atoms with Gasteiger partial charge >= 0.3 is 0 Å². The molecule has 0 aliphatic carbocycles. The summed E-state index contributed by atoms with van der Waals surface area (Å²) in [5.41, 5.74) is 0. The number of anilines is 1. The molecular formula is C15H21N3O. The van der Waals surface area contributed by atoms with Crippen LogP contribution in [-0.4, -0.2) is 22.2 Å². The molecule has 1 N–H and O–H groups in total. The van der Waals surface area contributed by atoms with E-state index < -0.39 is 0 Å². The zero-order valence-electron chi connectivity index (χ0n) is 11.5. The van der Waals surface area contributed by atoms with E-state index in [4.69, 9.17) is 4.74 Å². The van der Waals surface area contributed by atoms with Gasteiger partial charge in [-0.2, -0.15) is 0 Å². The lowest BCUT2D eigenvalue weighted by Crippen LogP contribution is -2.15. The van der Waals surface area contributed by atoms with E-state index >= 15 is 0 Å². The van der Waals surface area contributed by atoms with Crippen molar-refractivity contribution >= 4 is 5.95 Å². The summed E-state index contributed by atoms with van der Waals surface area (Å²) in [6.07, 6.45) is 4.77. The Hall–Kier alpha value is -1.97. The Kier molecular flexibility index (Phi) is 4.84. The van der Waals surface area contributed by atoms with E-state index in [1.165, 1.54) is 0 Å². The third kappa shape index (κ3) is 4.32. The molecule has 0 fully saturated rings. The number of aromatic nitrogens is 2. The van der Waals surface area contributed by atoms with Crippen molar-refractivity contribution in [2.45, 2.75) is 32.9 Å². The van der Waals surface area contributed by atoms with Crippen molar-refractivity contribution in [1.29, 1.82) is 0 Å². The third-order valence-electron chi connectivity index (χ3n) is 2.69. The molecule has 1 aromatic heterocycles. The monoisotopic (exact) mass is 259 g/mol. The molecule has 0 radical (unpaired) electrons. The van der Waals surface area contributed by atoms with E-state index in [0.29, 0.717) is 12.6 Å². The highest BCUT2D eigenvalue weighted by Crippen LogP contribution is 2.10. The predicted molar refractivity (Wildman–Crippen MR) is 77.5 cm³/mol. The van der Waals surface area contributed by atoms with Crippen molar-refractivity contribution in [3.05, 3.63) is 42.7 Å². The standard InChI is InChI=1S/C15H21N3O/c1-13(2)17-15-16-9-11-18(15)10-6-12-19-14-7-4-3-5-8-14/h3-5,7-9,11,13H,6,10,12H2,1-2H3,(H,16,17). The summed E-state index contributed by atoms with van der Waals surface area (Å²) in [5.74, 6) is 1.85. The van der Waals surface area contributed by atoms with E-state index in [9.17, 15) is 0 Å². The SMILES string of the molecule is CC(C)Nc1nccn1CCCOc1ccccc1. The van der Waals surface area contributed by atoms with Gasteiger partial charge in [-0.15, -0.1) is 0 Å². The molecule has 1 heterocycles. The summed E-state index contributed by atoms with van der Waals surface area (Å²) >= 11 is 0. The van der Waals surface area contributed by atoms with Gasteiger partial charge in [-0.1, -0.05) is 18.2 Å². The van der Waals surface area contributed by atoms with E-state index in [1.54, 1.807) is 0 Å². The fraction of sp³-hybridized carbons (Fsp3) is 0.400. The molecule has 2 rings (SSSR count). The molecule has 4 nitrogen and oxygen atoms in total. The zero-order chi connectivity index (χ0) is 13.5. The molecule has 19 heavy (non-hydrogen) atoms. The quantitative estimate of drug-likeness (QED) is 0.776. The highest BCUT2D eigenvalue weighted by molar-refractivity contribution is 5.26. The van der Waals surface area contributed by atoms with Gasteiger partial charge in [-0.05, 0) is 32.4 Å². The largest absolute Gasteiger partial charge is 0.494 e. The van der Waals surface area contributed by atoms with Crippen LogP contribution in [0.2, 0.25) is 0 Å². The number of nitrogens with zero attached hydrogens (tertiary/aromatic N) is 2. The van der Waals surface area contributed by atoms with E-state index in [2.05, 4.69) is 28.7 Å². The van der Waals surface area contributed by atoms with Crippen LogP contribution in [0.1, 0.15) is 20.3 Å². The topological polar surface area (TPSA) is 39.1 Å². The van der Waals surface area contributed by atoms with Gasteiger partial charge in [0, 0.05) is 25.0 Å². The molecule has 0 aliphatic rings. The van der Waals surface area contributed by atoms with Gasteiger partial charge in [-0.3, -0.25) is 0 Å². The van der Waals surface area contributed by atoms with Gasteiger partial charge < -0.3 is 14.6 Å². The minimum atomic E-state index is 0.390. The van der Waals surface area contributed by atoms with Gasteiger partial charge in [0.05, 0.1) is 6.61 Å². The van der Waals surface area contributed by atoms with Crippen molar-refractivity contribution < 1.29 is 4.74 Å². The third-order valence-corrected chi connectivity index (χ3v) is 2.69. The number of imidazole rings is 1. The van der Waals surface area contributed by atoms with Crippen LogP contribution >= 0.6 is 0 Å². The maximum Gasteiger partial charge on any atom is 0.202 e. The number of hydrogen-bond acceptors (Lipinski definition) is 3. The van der Waals surface area contributed by atoms with E-state index in [-0.39, 0.29) is 0 Å². The Morgan fingerprint density at radius 3 is 2.79 bits per heavy atom. The molecule has 4 heteroatoms. The molecule has 0 saturated heterocycles. The second kappa shape index (κ2) is 6.83. The molecule has 2 aromatic rings. The molecule has 0 unspecified atom stereocenters. The summed E-state index contributed by atoms with van der Waals surface area (Å²) in [7, 11) is 0. The molecule has 1 aromatic carbocycles. The van der Waals surface area contributed by atoms with Crippen LogP contribution in [0.4, 0.5) is 5.95 Å². The van der Waals surface area contributed by atoms with Crippen LogP contribution in [0.5, 0.6) is 5.75 Å². The van der Waals surface area contributed by atoms with Crippen LogP contribution in [-0.2, 0) is 6.54 Å². The van der Waals surface area contributed by atoms with Gasteiger partial charge in [0.2, 0.25) is 5.95 Å². The minimum Gasteiger partial charge on any atom is -0.494 e. The smallest absolute Gasteiger partial charge is 0.202 e. The van der Waals surface area contributed by atoms with Gasteiger partial charge in [0.15, 0.2) is 0 Å². The highest BCUT2D eigenvalue weighted by Gasteiger charge is 2.03. The fourth-order valence-corrected chi connectivity index (χ4v) is 1.83. The van der Waals surface area contributed by atoms with Crippen molar-refractivity contribution in [1.82, 2.24) is 9.55 Å². The first kappa shape index (κ1) is 13.5. The predicted octanol–water partition coefficient (Wildman–Crippen LogP) is 3.17. The lowest BCUT2D eigenvalue weighted by molar-refractivity contribution is 0.302. The van der Waals surface area contributed by atoms with E-state index in [0.717, 1.165) is 24.7 Å². The molecule has 0 bridgehead atoms. The van der Waals surface area contributed by atoms with Crippen LogP contribution in [0, 0.1) is 0 Å². The number of nitrogens with one attached hydrogen (secondary N) is 1. The van der Waals surface area contributed by atoms with Crippen LogP contribution in [0.25, 0.3) is 0 Å². The zero-order valence-corrected chi connectivity index (χ0v) is 11.5. The summed E-state index contributed by atoms with van der Waals surface area (Å²) < 4.78 is 7.79. The lowest BCUT2D eigenvalue weighted by atomic mass is 10.3. The van der Waals surface area contributed by atoms with Crippen molar-refractivity contribution in [2.75, 3.05) is 11.9 Å². The lowest BCUT2D eigenvalue weighted by Gasteiger charge is -2.12. The van der Waals surface area contributed by atoms with Gasteiger partial charge in [-0.25, -0.2) is 4.98 Å². The normalized spacial score (nSPS) is 10.7. The number of hydrogen-bond donors (Lipinski definition) is 1. The number of benzene rings is 1. The Morgan fingerprint density at radius 2 is 2.05 bits per heavy atom. The maximum atomic E-state index is 5.67. The maximum absolute atomic E-state index is 5.67. The second-order valence-corrected chi connectivity index (χ2v) is 4.76. The Morgan fingerprint density at radius 1 is 1.26 bits per heavy atom. The summed E-state index contributed by atoms with van der Waals surface area (Å²) in [4.78, 5) is 4.30. The second-order valence-electron chi connectivity index (χ2n) is 4.76. The van der Waals surface area contributed by atoms with Crippen LogP contribution in [0.15, 0.2) is 42.7 Å². The molecule has 0 atom stereocenters. The Bertz CT molecular complexity index is 479. The average molecular weight is 259 g/mol. The van der Waals surface area contributed by atoms with Crippen molar-refractivity contribution in [3.63, 3.8) is 0 Å². The summed E-state index contributed by atoms with van der Waals surface area (Å²) in [5, 5.41) is 3.32. The number of rotatable bonds is 7. The van der Waals surface area contributed by atoms with Gasteiger partial charge in [0.1, 0.15) is 5.75 Å². The van der Waals surface area contributed by atoms with Crippen LogP contribution < -0.4 is 10.1 Å². The first-order valence-electron chi connectivity index (χ1n) is 6.71. The molecule has 102 valence electrons. The number of para-hydroxylation sites is 1. The molecular weight excluding hydrogens is 238 g/mol. The Balaban J connectivity index is 1.75. The minimum absolute atomic E-state index is 0.390. The van der Waals surface area contributed by atoms with Crippen molar-refractivity contribution in [2.24, 2.45) is 0 Å². The molecule has 0 saturated carbocycles. The fourth-order valence-electron chi connectivity index (χ4n) is 1.83. The molecule has 0 spiro atoms. The Labute approximate surface area is 114 Å². The van der Waals surface area contributed by atoms with Gasteiger partial charge in [0.25, 0.3) is 0 Å². The first-order chi connectivity index (χ1) is 9.25. The first-order valence-corrected chi connectivity index (χ1v) is 6.71. The number of aryl methyl sites for hydroxylation is 1. The summed E-state index contributed by atoms with van der Waals surface area (Å²) in [6.45, 7) is 5.83. The average Bonchev–Trinajstić information content (AvgIpc) is 2.82. The molecule has 0 amide bonds. The van der Waals surface area contributed by atoms with Crippen molar-refractivity contribution in [3.8, 4) is 5.75 Å². The van der Waals surface area contributed by atoms with Crippen LogP contribution in [0.3, 0.4) is 0 Å². The highest BCUT2D eigenvalue weighted by atomic mass is 16.5. The van der Waals surface area contributed by atoms with E-state index in [1.807, 2.05) is 42.7 Å². The number of ether oxygens (including phenoxy) is 1.